The first-order valence-electron chi connectivity index (χ1n) is 4.04. The average Bonchev–Trinajstić information content (AvgIpc) is 2.18. The first-order chi connectivity index (χ1) is 6.76. The van der Waals surface area contributed by atoms with E-state index in [0.29, 0.717) is 18.4 Å². The molecule has 0 spiro atoms. The zero-order valence-corrected chi connectivity index (χ0v) is 7.44. The molecule has 0 amide bonds. The number of rotatable bonds is 3. The van der Waals surface area contributed by atoms with E-state index >= 15 is 0 Å². The Morgan fingerprint density at radius 1 is 1.57 bits per heavy atom. The summed E-state index contributed by atoms with van der Waals surface area (Å²) < 4.78 is 16.4. The van der Waals surface area contributed by atoms with Crippen LogP contribution in [0.15, 0.2) is 36.7 Å². The highest BCUT2D eigenvalue weighted by atomic mass is 19.1. The Hall–Kier alpha value is -1.68. The van der Waals surface area contributed by atoms with Gasteiger partial charge in [0.15, 0.2) is 0 Å². The van der Waals surface area contributed by atoms with E-state index in [1.54, 1.807) is 18.2 Å². The summed E-state index contributed by atoms with van der Waals surface area (Å²) in [5.74, 6) is -0.391. The van der Waals surface area contributed by atoms with Crippen molar-refractivity contribution in [1.82, 2.24) is 0 Å². The van der Waals surface area contributed by atoms with Crippen molar-refractivity contribution in [3.8, 4) is 5.75 Å². The number of esters is 1. The second-order valence-corrected chi connectivity index (χ2v) is 2.57. The van der Waals surface area contributed by atoms with E-state index in [2.05, 4.69) is 0 Å². The highest BCUT2D eigenvalue weighted by Gasteiger charge is 2.00. The fraction of sp³-hybridized carbons (Fsp3) is 0.100. The number of carbonyl (C=O) groups excluding carboxylic acids is 1. The van der Waals surface area contributed by atoms with Gasteiger partial charge in [0.2, 0.25) is 0 Å². The number of carbonyl (C=O) groups is 1. The predicted octanol–water partition coefficient (Wildman–Crippen LogP) is 1.53. The second kappa shape index (κ2) is 5.14. The van der Waals surface area contributed by atoms with Crippen molar-refractivity contribution in [3.05, 3.63) is 42.2 Å². The van der Waals surface area contributed by atoms with E-state index in [9.17, 15) is 9.18 Å². The van der Waals surface area contributed by atoms with Gasteiger partial charge in [0.1, 0.15) is 5.75 Å². The van der Waals surface area contributed by atoms with E-state index in [-0.39, 0.29) is 6.33 Å². The van der Waals surface area contributed by atoms with Crippen LogP contribution in [0.1, 0.15) is 5.56 Å². The lowest BCUT2D eigenvalue weighted by molar-refractivity contribution is -0.129. The molecular weight excluding hydrogens is 185 g/mol. The fourth-order valence-corrected chi connectivity index (χ4v) is 0.938. The molecule has 0 radical (unpaired) electrons. The minimum absolute atomic E-state index is 0.134. The number of halogens is 1. The van der Waals surface area contributed by atoms with Crippen LogP contribution < -0.4 is 10.5 Å². The molecular formula is C10H10FNO2. The summed E-state index contributed by atoms with van der Waals surface area (Å²) in [6, 6.07) is 6.75. The Bertz CT molecular complexity index is 350. The van der Waals surface area contributed by atoms with Crippen molar-refractivity contribution < 1.29 is 13.9 Å². The molecule has 74 valence electrons. The third-order valence-corrected chi connectivity index (χ3v) is 1.55. The zero-order chi connectivity index (χ0) is 10.4. The maximum absolute atomic E-state index is 11.6. The number of ether oxygens (including phenoxy) is 1. The number of benzene rings is 1. The number of hydrogen-bond acceptors (Lipinski definition) is 3. The Labute approximate surface area is 81.0 Å². The number of nitrogens with two attached hydrogens (primary N) is 1. The molecule has 0 aliphatic heterocycles. The predicted molar refractivity (Wildman–Crippen MR) is 50.2 cm³/mol. The third-order valence-electron chi connectivity index (χ3n) is 1.55. The Balaban J connectivity index is 2.71. The zero-order valence-electron chi connectivity index (χ0n) is 7.44. The first-order valence-corrected chi connectivity index (χ1v) is 4.04. The molecule has 0 aliphatic carbocycles. The topological polar surface area (TPSA) is 52.3 Å². The van der Waals surface area contributed by atoms with Gasteiger partial charge in [-0.1, -0.05) is 12.1 Å². The van der Waals surface area contributed by atoms with Gasteiger partial charge in [-0.3, -0.25) is 0 Å². The van der Waals surface area contributed by atoms with Gasteiger partial charge >= 0.3 is 5.97 Å². The summed E-state index contributed by atoms with van der Waals surface area (Å²) in [6.07, 6.45) is 0.838. The van der Waals surface area contributed by atoms with Crippen LogP contribution in [0.25, 0.3) is 0 Å². The Morgan fingerprint density at radius 3 is 3.00 bits per heavy atom. The van der Waals surface area contributed by atoms with Crippen LogP contribution in [-0.4, -0.2) is 5.97 Å². The maximum Gasteiger partial charge on any atom is 0.338 e. The minimum Gasteiger partial charge on any atom is -0.423 e. The molecule has 1 rings (SSSR count). The monoisotopic (exact) mass is 195 g/mol. The normalized spacial score (nSPS) is 10.4. The van der Waals surface area contributed by atoms with Crippen molar-refractivity contribution in [1.29, 1.82) is 0 Å². The molecule has 0 unspecified atom stereocenters. The molecule has 0 aromatic heterocycles. The molecule has 3 nitrogen and oxygen atoms in total. The quantitative estimate of drug-likeness (QED) is 0.452. The number of hydrogen-bond donors (Lipinski definition) is 1. The van der Waals surface area contributed by atoms with Crippen molar-refractivity contribution >= 4 is 5.97 Å². The summed E-state index contributed by atoms with van der Waals surface area (Å²) in [4.78, 5) is 10.8. The Morgan fingerprint density at radius 2 is 2.36 bits per heavy atom. The highest BCUT2D eigenvalue weighted by molar-refractivity contribution is 5.83. The fourth-order valence-electron chi connectivity index (χ4n) is 0.938. The van der Waals surface area contributed by atoms with Crippen molar-refractivity contribution in [2.45, 2.75) is 6.54 Å². The van der Waals surface area contributed by atoms with Gasteiger partial charge in [-0.15, -0.1) is 0 Å². The summed E-state index contributed by atoms with van der Waals surface area (Å²) in [6.45, 7) is 0.365. The van der Waals surface area contributed by atoms with Gasteiger partial charge < -0.3 is 10.5 Å². The molecule has 0 bridgehead atoms. The summed E-state index contributed by atoms with van der Waals surface area (Å²) in [5.41, 5.74) is 6.24. The van der Waals surface area contributed by atoms with Crippen LogP contribution in [-0.2, 0) is 11.3 Å². The van der Waals surface area contributed by atoms with Crippen LogP contribution in [0.3, 0.4) is 0 Å². The lowest BCUT2D eigenvalue weighted by Gasteiger charge is -2.02. The minimum atomic E-state index is -0.748. The summed E-state index contributed by atoms with van der Waals surface area (Å²) in [7, 11) is 0. The first kappa shape index (κ1) is 10.4. The van der Waals surface area contributed by atoms with E-state index < -0.39 is 5.97 Å². The van der Waals surface area contributed by atoms with E-state index in [1.165, 1.54) is 0 Å². The second-order valence-electron chi connectivity index (χ2n) is 2.57. The third kappa shape index (κ3) is 2.99. The highest BCUT2D eigenvalue weighted by Crippen LogP contribution is 2.12. The standard InChI is InChI=1S/C10H10FNO2/c11-5-4-10(13)14-9-3-1-2-8(6-9)7-12/h1-6H,7,12H2. The lowest BCUT2D eigenvalue weighted by Crippen LogP contribution is -2.04. The van der Waals surface area contributed by atoms with Crippen LogP contribution in [0.5, 0.6) is 5.75 Å². The Kier molecular flexibility index (Phi) is 3.82. The molecule has 0 aliphatic rings. The maximum atomic E-state index is 11.6. The van der Waals surface area contributed by atoms with Crippen LogP contribution in [0.2, 0.25) is 0 Å². The van der Waals surface area contributed by atoms with Gasteiger partial charge in [-0.2, -0.15) is 0 Å². The van der Waals surface area contributed by atoms with E-state index in [1.807, 2.05) is 6.07 Å². The smallest absolute Gasteiger partial charge is 0.338 e. The molecule has 0 heterocycles. The molecule has 4 heteroatoms. The summed E-state index contributed by atoms with van der Waals surface area (Å²) >= 11 is 0. The molecule has 1 aromatic rings. The van der Waals surface area contributed by atoms with Gasteiger partial charge in [0.05, 0.1) is 12.4 Å². The summed E-state index contributed by atoms with van der Waals surface area (Å²) in [5, 5.41) is 0. The van der Waals surface area contributed by atoms with Crippen molar-refractivity contribution in [3.63, 3.8) is 0 Å². The van der Waals surface area contributed by atoms with Gasteiger partial charge in [0, 0.05) is 6.54 Å². The van der Waals surface area contributed by atoms with Crippen molar-refractivity contribution in [2.75, 3.05) is 0 Å². The van der Waals surface area contributed by atoms with E-state index in [4.69, 9.17) is 10.5 Å². The molecule has 0 atom stereocenters. The molecule has 14 heavy (non-hydrogen) atoms. The average molecular weight is 195 g/mol. The van der Waals surface area contributed by atoms with Crippen molar-refractivity contribution in [2.24, 2.45) is 5.73 Å². The van der Waals surface area contributed by atoms with Gasteiger partial charge in [-0.05, 0) is 17.7 Å². The SMILES string of the molecule is NCc1cccc(OC(=O)C=CF)c1. The molecule has 0 saturated heterocycles. The largest absolute Gasteiger partial charge is 0.423 e. The van der Waals surface area contributed by atoms with Gasteiger partial charge in [-0.25, -0.2) is 9.18 Å². The molecule has 1 aromatic carbocycles. The van der Waals surface area contributed by atoms with Crippen LogP contribution in [0, 0.1) is 0 Å². The molecule has 2 N–H and O–H groups in total. The molecule has 0 saturated carbocycles. The van der Waals surface area contributed by atoms with Crippen LogP contribution >= 0.6 is 0 Å². The molecule has 0 fully saturated rings. The lowest BCUT2D eigenvalue weighted by atomic mass is 10.2. The van der Waals surface area contributed by atoms with Gasteiger partial charge in [0.25, 0.3) is 0 Å². The van der Waals surface area contributed by atoms with Crippen LogP contribution in [0.4, 0.5) is 4.39 Å². The van der Waals surface area contributed by atoms with E-state index in [0.717, 1.165) is 5.56 Å².